The number of rotatable bonds is 9. The minimum absolute atomic E-state index is 0.0765. The van der Waals surface area contributed by atoms with E-state index >= 15 is 0 Å². The van der Waals surface area contributed by atoms with Gasteiger partial charge in [0.15, 0.2) is 6.29 Å². The summed E-state index contributed by atoms with van der Waals surface area (Å²) in [5, 5.41) is 61.9. The van der Waals surface area contributed by atoms with E-state index in [4.69, 9.17) is 14.2 Å². The number of aliphatic hydroxyl groups excluding tert-OH is 5. The molecule has 1 aliphatic carbocycles. The summed E-state index contributed by atoms with van der Waals surface area (Å²) in [5.74, 6) is -3.05. The molecule has 2 aliphatic heterocycles. The van der Waals surface area contributed by atoms with E-state index < -0.39 is 73.4 Å². The van der Waals surface area contributed by atoms with Crippen LogP contribution < -0.4 is 5.32 Å². The summed E-state index contributed by atoms with van der Waals surface area (Å²) in [6.45, 7) is -0.998. The quantitative estimate of drug-likeness (QED) is 0.185. The third-order valence-electron chi connectivity index (χ3n) is 6.96. The van der Waals surface area contributed by atoms with Crippen molar-refractivity contribution in [2.24, 2.45) is 11.8 Å². The molecule has 1 fully saturated rings. The number of nitrogens with one attached hydrogen (secondary N) is 1. The Labute approximate surface area is 212 Å². The molecule has 1 aromatic carbocycles. The van der Waals surface area contributed by atoms with Gasteiger partial charge in [0.05, 0.1) is 31.0 Å². The van der Waals surface area contributed by atoms with E-state index in [1.54, 1.807) is 36.4 Å². The molecule has 1 amide bonds. The first-order valence-corrected chi connectivity index (χ1v) is 11.9. The predicted molar refractivity (Wildman–Crippen MR) is 124 cm³/mol. The van der Waals surface area contributed by atoms with Gasteiger partial charge in [0.2, 0.25) is 6.29 Å². The lowest BCUT2D eigenvalue weighted by Gasteiger charge is -2.43. The molecule has 9 atom stereocenters. The second kappa shape index (κ2) is 11.7. The van der Waals surface area contributed by atoms with Crippen molar-refractivity contribution in [2.45, 2.75) is 55.9 Å². The molecule has 2 heterocycles. The van der Waals surface area contributed by atoms with Crippen LogP contribution >= 0.6 is 0 Å². The maximum atomic E-state index is 13.1. The normalized spacial score (nSPS) is 34.0. The van der Waals surface area contributed by atoms with E-state index in [-0.39, 0.29) is 18.6 Å². The summed E-state index contributed by atoms with van der Waals surface area (Å²) in [7, 11) is 0. The SMILES string of the molecule is O=C(N[C@H](Cc1ccccc1)C(=O)O)C1=CO[C@@H](O[C@@H]2O[C@H](CO)[C@@H](O)[C@H](O)[C@H]2O)[C@@H]2C(CO)=CC[C@H]12. The van der Waals surface area contributed by atoms with Crippen molar-refractivity contribution in [3.8, 4) is 0 Å². The first-order chi connectivity index (χ1) is 17.7. The Morgan fingerprint density at radius 2 is 1.78 bits per heavy atom. The maximum Gasteiger partial charge on any atom is 0.326 e. The molecule has 4 rings (SSSR count). The van der Waals surface area contributed by atoms with Crippen molar-refractivity contribution in [1.82, 2.24) is 5.32 Å². The van der Waals surface area contributed by atoms with Gasteiger partial charge in [-0.2, -0.15) is 0 Å². The topological polar surface area (TPSA) is 195 Å². The fraction of sp³-hybridized carbons (Fsp3) is 0.520. The number of fused-ring (bicyclic) bond motifs is 1. The predicted octanol–water partition coefficient (Wildman–Crippen LogP) is -1.59. The van der Waals surface area contributed by atoms with Crippen molar-refractivity contribution in [2.75, 3.05) is 13.2 Å². The summed E-state index contributed by atoms with van der Waals surface area (Å²) >= 11 is 0. The highest BCUT2D eigenvalue weighted by Gasteiger charge is 2.49. The van der Waals surface area contributed by atoms with Crippen LogP contribution in [0.2, 0.25) is 0 Å². The van der Waals surface area contributed by atoms with Crippen molar-refractivity contribution < 1.29 is 54.4 Å². The van der Waals surface area contributed by atoms with Crippen LogP contribution in [0.5, 0.6) is 0 Å². The number of hydrogen-bond donors (Lipinski definition) is 7. The van der Waals surface area contributed by atoms with Crippen LogP contribution in [0.3, 0.4) is 0 Å². The van der Waals surface area contributed by atoms with E-state index in [1.807, 2.05) is 0 Å². The molecule has 12 heteroatoms. The Bertz CT molecular complexity index is 1030. The van der Waals surface area contributed by atoms with Gasteiger partial charge in [-0.15, -0.1) is 0 Å². The van der Waals surface area contributed by atoms with Gasteiger partial charge in [-0.1, -0.05) is 36.4 Å². The number of ether oxygens (including phenoxy) is 3. The fourth-order valence-electron chi connectivity index (χ4n) is 4.93. The summed E-state index contributed by atoms with van der Waals surface area (Å²) < 4.78 is 16.8. The van der Waals surface area contributed by atoms with Gasteiger partial charge >= 0.3 is 5.97 Å². The second-order valence-corrected chi connectivity index (χ2v) is 9.27. The molecule has 37 heavy (non-hydrogen) atoms. The van der Waals surface area contributed by atoms with Crippen molar-refractivity contribution in [3.05, 3.63) is 59.4 Å². The van der Waals surface area contributed by atoms with Crippen molar-refractivity contribution in [1.29, 1.82) is 0 Å². The van der Waals surface area contributed by atoms with Crippen LogP contribution in [-0.4, -0.2) is 98.8 Å². The number of hydrogen-bond acceptors (Lipinski definition) is 10. The number of allylic oxidation sites excluding steroid dienone is 1. The number of carbonyl (C=O) groups excluding carboxylic acids is 1. The molecule has 3 aliphatic rings. The minimum Gasteiger partial charge on any atom is -0.480 e. The first kappa shape index (κ1) is 27.2. The lowest BCUT2D eigenvalue weighted by atomic mass is 9.83. The van der Waals surface area contributed by atoms with Gasteiger partial charge < -0.3 is 50.2 Å². The van der Waals surface area contributed by atoms with Crippen molar-refractivity contribution in [3.63, 3.8) is 0 Å². The van der Waals surface area contributed by atoms with Gasteiger partial charge in [0.1, 0.15) is 30.5 Å². The summed E-state index contributed by atoms with van der Waals surface area (Å²) in [6.07, 6.45) is -5.39. The monoisotopic (exact) mass is 521 g/mol. The number of aliphatic carboxylic acids is 1. The molecule has 0 radical (unpaired) electrons. The van der Waals surface area contributed by atoms with E-state index in [0.29, 0.717) is 12.0 Å². The van der Waals surface area contributed by atoms with E-state index in [2.05, 4.69) is 5.32 Å². The maximum absolute atomic E-state index is 13.1. The average Bonchev–Trinajstić information content (AvgIpc) is 3.34. The molecule has 1 aromatic rings. The number of carboxylic acid groups (broad SMARTS) is 1. The molecular formula is C25H31NO11. The third kappa shape index (κ3) is 5.70. The van der Waals surface area contributed by atoms with Gasteiger partial charge in [-0.3, -0.25) is 4.79 Å². The second-order valence-electron chi connectivity index (χ2n) is 9.27. The largest absolute Gasteiger partial charge is 0.480 e. The zero-order valence-electron chi connectivity index (χ0n) is 19.8. The molecular weight excluding hydrogens is 490 g/mol. The summed E-state index contributed by atoms with van der Waals surface area (Å²) in [6, 6.07) is 7.68. The van der Waals surface area contributed by atoms with Crippen LogP contribution in [0.1, 0.15) is 12.0 Å². The van der Waals surface area contributed by atoms with Crippen LogP contribution in [0, 0.1) is 11.8 Å². The smallest absolute Gasteiger partial charge is 0.326 e. The van der Waals surface area contributed by atoms with Gasteiger partial charge in [0.25, 0.3) is 5.91 Å². The van der Waals surface area contributed by atoms with Crippen LogP contribution in [-0.2, 0) is 30.2 Å². The lowest BCUT2D eigenvalue weighted by Crippen LogP contribution is -2.60. The average molecular weight is 522 g/mol. The zero-order valence-corrected chi connectivity index (χ0v) is 19.8. The lowest BCUT2D eigenvalue weighted by molar-refractivity contribution is -0.339. The highest BCUT2D eigenvalue weighted by molar-refractivity contribution is 5.96. The van der Waals surface area contributed by atoms with E-state index in [0.717, 1.165) is 11.8 Å². The molecule has 1 saturated heterocycles. The van der Waals surface area contributed by atoms with Crippen LogP contribution in [0.15, 0.2) is 53.8 Å². The van der Waals surface area contributed by atoms with Gasteiger partial charge in [0, 0.05) is 12.3 Å². The Morgan fingerprint density at radius 1 is 1.05 bits per heavy atom. The molecule has 0 bridgehead atoms. The number of amides is 1. The number of benzene rings is 1. The van der Waals surface area contributed by atoms with Crippen LogP contribution in [0.4, 0.5) is 0 Å². The molecule has 0 spiro atoms. The minimum atomic E-state index is -1.66. The van der Waals surface area contributed by atoms with Gasteiger partial charge in [-0.25, -0.2) is 4.79 Å². The Kier molecular flexibility index (Phi) is 8.60. The molecule has 12 nitrogen and oxygen atoms in total. The van der Waals surface area contributed by atoms with Crippen molar-refractivity contribution >= 4 is 11.9 Å². The molecule has 0 saturated carbocycles. The zero-order chi connectivity index (χ0) is 26.7. The summed E-state index contributed by atoms with van der Waals surface area (Å²) in [4.78, 5) is 25.0. The Balaban J connectivity index is 1.50. The standard InChI is InChI=1S/C25H31NO11/c27-9-13-6-7-14-15(22(32)26-16(23(33)34)8-12-4-2-1-3-5-12)11-35-24(18(13)14)37-25-21(31)20(30)19(29)17(10-28)36-25/h1-6,11,14,16-21,24-25,27-31H,7-10H2,(H,26,32)(H,33,34)/t14-,16-,17-,18-,19-,20+,21-,24+,25+/m1/s1. The molecule has 7 N–H and O–H groups in total. The first-order valence-electron chi connectivity index (χ1n) is 11.9. The highest BCUT2D eigenvalue weighted by atomic mass is 16.8. The van der Waals surface area contributed by atoms with E-state index in [9.17, 15) is 40.2 Å². The molecule has 0 unspecified atom stereocenters. The van der Waals surface area contributed by atoms with Crippen LogP contribution in [0.25, 0.3) is 0 Å². The number of aliphatic hydroxyl groups is 5. The Hall–Kier alpha value is -2.84. The highest BCUT2D eigenvalue weighted by Crippen LogP contribution is 2.44. The molecule has 202 valence electrons. The Morgan fingerprint density at radius 3 is 2.43 bits per heavy atom. The summed E-state index contributed by atoms with van der Waals surface area (Å²) in [5.41, 5.74) is 1.41. The number of carbonyl (C=O) groups is 2. The van der Waals surface area contributed by atoms with Gasteiger partial charge in [-0.05, 0) is 17.6 Å². The van der Waals surface area contributed by atoms with E-state index in [1.165, 1.54) is 0 Å². The fourth-order valence-corrected chi connectivity index (χ4v) is 4.93. The molecule has 0 aromatic heterocycles. The number of carboxylic acids is 1. The third-order valence-corrected chi connectivity index (χ3v) is 6.96.